The molecule has 2 amide bonds. The molecule has 2 heterocycles. The third-order valence-corrected chi connectivity index (χ3v) is 5.99. The van der Waals surface area contributed by atoms with Gasteiger partial charge in [0.2, 0.25) is 5.91 Å². The molecule has 2 aromatic heterocycles. The van der Waals surface area contributed by atoms with Crippen LogP contribution in [0.5, 0.6) is 0 Å². The first-order valence-electron chi connectivity index (χ1n) is 10.3. The summed E-state index contributed by atoms with van der Waals surface area (Å²) in [6.07, 6.45) is 3.37. The molecule has 2 N–H and O–H groups in total. The highest BCUT2D eigenvalue weighted by Gasteiger charge is 2.14. The maximum absolute atomic E-state index is 13.0. The second-order valence-corrected chi connectivity index (χ2v) is 8.37. The highest BCUT2D eigenvalue weighted by Crippen LogP contribution is 2.24. The number of hydrogen-bond acceptors (Lipinski definition) is 6. The molecule has 0 radical (unpaired) electrons. The number of aromatic nitrogens is 4. The second-order valence-electron chi connectivity index (χ2n) is 7.43. The summed E-state index contributed by atoms with van der Waals surface area (Å²) >= 11 is 1.28. The van der Waals surface area contributed by atoms with Crippen LogP contribution in [0.3, 0.4) is 0 Å². The lowest BCUT2D eigenvalue weighted by molar-refractivity contribution is -0.113. The molecule has 0 spiro atoms. The molecule has 0 saturated carbocycles. The summed E-state index contributed by atoms with van der Waals surface area (Å²) in [7, 11) is 1.85. The Morgan fingerprint density at radius 1 is 1.00 bits per heavy atom. The summed E-state index contributed by atoms with van der Waals surface area (Å²) in [6.45, 7) is 1.83. The first-order chi connectivity index (χ1) is 16.4. The number of rotatable bonds is 7. The first kappa shape index (κ1) is 23.1. The Balaban J connectivity index is 1.34. The van der Waals surface area contributed by atoms with Gasteiger partial charge in [0.15, 0.2) is 11.0 Å². The zero-order valence-corrected chi connectivity index (χ0v) is 19.3. The number of benzene rings is 2. The van der Waals surface area contributed by atoms with Gasteiger partial charge in [-0.2, -0.15) is 0 Å². The molecule has 0 bridgehead atoms. The van der Waals surface area contributed by atoms with Gasteiger partial charge >= 0.3 is 0 Å². The van der Waals surface area contributed by atoms with E-state index in [1.54, 1.807) is 30.6 Å². The molecule has 10 heteroatoms. The van der Waals surface area contributed by atoms with Gasteiger partial charge in [0, 0.05) is 41.9 Å². The molecule has 4 aromatic rings. The standard InChI is InChI=1S/C24H21FN6O2S/c1-15-13-19(27-23(33)17-3-5-18(25)6-4-17)7-8-20(15)28-21(32)14-34-24-30-29-22(31(24)2)16-9-11-26-12-10-16/h3-13H,14H2,1-2H3,(H,27,33)(H,28,32). The van der Waals surface area contributed by atoms with Crippen molar-refractivity contribution in [3.05, 3.63) is 83.9 Å². The molecule has 172 valence electrons. The molecule has 2 aromatic carbocycles. The number of nitrogens with one attached hydrogen (secondary N) is 2. The lowest BCUT2D eigenvalue weighted by atomic mass is 10.1. The zero-order chi connectivity index (χ0) is 24.1. The Bertz CT molecular complexity index is 1330. The van der Waals surface area contributed by atoms with Crippen LogP contribution in [0, 0.1) is 12.7 Å². The Hall–Kier alpha value is -4.05. The highest BCUT2D eigenvalue weighted by molar-refractivity contribution is 7.99. The Morgan fingerprint density at radius 3 is 2.44 bits per heavy atom. The van der Waals surface area contributed by atoms with Crippen molar-refractivity contribution in [1.82, 2.24) is 19.7 Å². The van der Waals surface area contributed by atoms with Crippen LogP contribution < -0.4 is 10.6 Å². The van der Waals surface area contributed by atoms with Gasteiger partial charge in [0.05, 0.1) is 5.75 Å². The summed E-state index contributed by atoms with van der Waals surface area (Å²) in [5, 5.41) is 14.6. The normalized spacial score (nSPS) is 10.7. The predicted octanol–water partition coefficient (Wildman–Crippen LogP) is 4.31. The fourth-order valence-electron chi connectivity index (χ4n) is 3.20. The quantitative estimate of drug-likeness (QED) is 0.386. The number of aryl methyl sites for hydroxylation is 1. The molecule has 0 aliphatic heterocycles. The number of thioether (sulfide) groups is 1. The summed E-state index contributed by atoms with van der Waals surface area (Å²) in [5.41, 5.74) is 3.24. The first-order valence-corrected chi connectivity index (χ1v) is 11.3. The monoisotopic (exact) mass is 476 g/mol. The highest BCUT2D eigenvalue weighted by atomic mass is 32.2. The fourth-order valence-corrected chi connectivity index (χ4v) is 3.91. The van der Waals surface area contributed by atoms with Crippen LogP contribution in [0.2, 0.25) is 0 Å². The molecule has 0 fully saturated rings. The van der Waals surface area contributed by atoms with E-state index in [2.05, 4.69) is 25.8 Å². The van der Waals surface area contributed by atoms with E-state index in [9.17, 15) is 14.0 Å². The average molecular weight is 477 g/mol. The van der Waals surface area contributed by atoms with E-state index in [1.807, 2.05) is 30.7 Å². The van der Waals surface area contributed by atoms with Crippen molar-refractivity contribution in [2.24, 2.45) is 7.05 Å². The second kappa shape index (κ2) is 10.3. The Labute approximate surface area is 199 Å². The predicted molar refractivity (Wildman–Crippen MR) is 129 cm³/mol. The van der Waals surface area contributed by atoms with Crippen molar-refractivity contribution < 1.29 is 14.0 Å². The minimum Gasteiger partial charge on any atom is -0.325 e. The van der Waals surface area contributed by atoms with Gasteiger partial charge in [-0.15, -0.1) is 10.2 Å². The van der Waals surface area contributed by atoms with Crippen molar-refractivity contribution in [2.45, 2.75) is 12.1 Å². The molecule has 0 aliphatic rings. The minimum atomic E-state index is -0.404. The van der Waals surface area contributed by atoms with E-state index >= 15 is 0 Å². The van der Waals surface area contributed by atoms with Crippen LogP contribution in [-0.2, 0) is 11.8 Å². The molecule has 34 heavy (non-hydrogen) atoms. The number of carbonyl (C=O) groups excluding carboxylic acids is 2. The van der Waals surface area contributed by atoms with E-state index in [0.29, 0.717) is 27.9 Å². The van der Waals surface area contributed by atoms with Gasteiger partial charge in [0.1, 0.15) is 5.82 Å². The molecule has 4 rings (SSSR count). The largest absolute Gasteiger partial charge is 0.325 e. The van der Waals surface area contributed by atoms with Crippen LogP contribution in [0.4, 0.5) is 15.8 Å². The maximum atomic E-state index is 13.0. The van der Waals surface area contributed by atoms with E-state index in [4.69, 9.17) is 0 Å². The molecule has 0 aliphatic carbocycles. The summed E-state index contributed by atoms with van der Waals surface area (Å²) in [5.74, 6) is -0.0874. The van der Waals surface area contributed by atoms with Crippen LogP contribution in [0.25, 0.3) is 11.4 Å². The molecular formula is C24H21FN6O2S. The van der Waals surface area contributed by atoms with Gasteiger partial charge in [0.25, 0.3) is 5.91 Å². The van der Waals surface area contributed by atoms with E-state index in [-0.39, 0.29) is 17.6 Å². The van der Waals surface area contributed by atoms with Crippen molar-refractivity contribution >= 4 is 35.0 Å². The minimum absolute atomic E-state index is 0.158. The fraction of sp³-hybridized carbons (Fsp3) is 0.125. The van der Waals surface area contributed by atoms with Crippen LogP contribution in [0.1, 0.15) is 15.9 Å². The van der Waals surface area contributed by atoms with Gasteiger partial charge < -0.3 is 15.2 Å². The lowest BCUT2D eigenvalue weighted by Gasteiger charge is -2.11. The smallest absolute Gasteiger partial charge is 0.255 e. The molecule has 0 unspecified atom stereocenters. The SMILES string of the molecule is Cc1cc(NC(=O)c2ccc(F)cc2)ccc1NC(=O)CSc1nnc(-c2ccncc2)n1C. The van der Waals surface area contributed by atoms with Crippen molar-refractivity contribution in [1.29, 1.82) is 0 Å². The van der Waals surface area contributed by atoms with E-state index in [1.165, 1.54) is 36.0 Å². The topological polar surface area (TPSA) is 102 Å². The molecule has 8 nitrogen and oxygen atoms in total. The van der Waals surface area contributed by atoms with Crippen molar-refractivity contribution in [2.75, 3.05) is 16.4 Å². The third kappa shape index (κ3) is 5.46. The molecule has 0 atom stereocenters. The number of halogens is 1. The molecular weight excluding hydrogens is 455 g/mol. The van der Waals surface area contributed by atoms with Crippen LogP contribution in [-0.4, -0.2) is 37.3 Å². The number of nitrogens with zero attached hydrogens (tertiary/aromatic N) is 4. The number of carbonyl (C=O) groups is 2. The number of anilines is 2. The van der Waals surface area contributed by atoms with E-state index < -0.39 is 5.82 Å². The summed E-state index contributed by atoms with van der Waals surface area (Å²) in [6, 6.07) is 14.2. The van der Waals surface area contributed by atoms with Gasteiger partial charge in [-0.05, 0) is 67.1 Å². The average Bonchev–Trinajstić information content (AvgIpc) is 3.20. The summed E-state index contributed by atoms with van der Waals surface area (Å²) < 4.78 is 14.9. The van der Waals surface area contributed by atoms with E-state index in [0.717, 1.165) is 11.1 Å². The maximum Gasteiger partial charge on any atom is 0.255 e. The van der Waals surface area contributed by atoms with Crippen LogP contribution >= 0.6 is 11.8 Å². The molecule has 0 saturated heterocycles. The lowest BCUT2D eigenvalue weighted by Crippen LogP contribution is -2.16. The Kier molecular flexibility index (Phi) is 6.98. The van der Waals surface area contributed by atoms with Crippen LogP contribution in [0.15, 0.2) is 72.1 Å². The zero-order valence-electron chi connectivity index (χ0n) is 18.4. The number of pyridine rings is 1. The van der Waals surface area contributed by atoms with Gasteiger partial charge in [-0.25, -0.2) is 4.39 Å². The van der Waals surface area contributed by atoms with Gasteiger partial charge in [-0.3, -0.25) is 14.6 Å². The van der Waals surface area contributed by atoms with Gasteiger partial charge in [-0.1, -0.05) is 11.8 Å². The van der Waals surface area contributed by atoms with Crippen molar-refractivity contribution in [3.8, 4) is 11.4 Å². The number of amides is 2. The number of hydrogen-bond donors (Lipinski definition) is 2. The third-order valence-electron chi connectivity index (χ3n) is 4.97. The summed E-state index contributed by atoms with van der Waals surface area (Å²) in [4.78, 5) is 28.8. The Morgan fingerprint density at radius 2 is 1.74 bits per heavy atom. The van der Waals surface area contributed by atoms with Crippen molar-refractivity contribution in [3.63, 3.8) is 0 Å².